The van der Waals surface area contributed by atoms with Gasteiger partial charge in [-0.2, -0.15) is 0 Å². The molecule has 0 radical (unpaired) electrons. The van der Waals surface area contributed by atoms with Gasteiger partial charge < -0.3 is 15.0 Å². The summed E-state index contributed by atoms with van der Waals surface area (Å²) < 4.78 is 5.55. The van der Waals surface area contributed by atoms with Crippen molar-refractivity contribution in [3.05, 3.63) is 29.3 Å². The van der Waals surface area contributed by atoms with E-state index in [-0.39, 0.29) is 0 Å². The fourth-order valence-corrected chi connectivity index (χ4v) is 3.15. The fourth-order valence-electron chi connectivity index (χ4n) is 3.15. The van der Waals surface area contributed by atoms with Crippen molar-refractivity contribution in [2.75, 3.05) is 47.4 Å². The first-order valence-electron chi connectivity index (χ1n) is 7.79. The summed E-state index contributed by atoms with van der Waals surface area (Å²) in [6, 6.07) is 7.30. The molecule has 2 atom stereocenters. The number of likely N-dealkylation sites (N-methyl/N-ethyl adjacent to an activating group) is 2. The maximum Gasteiger partial charge on any atom is 0.123 e. The maximum absolute atomic E-state index is 5.55. The largest absolute Gasteiger partial charge is 0.496 e. The van der Waals surface area contributed by atoms with Gasteiger partial charge in [-0.05, 0) is 34.0 Å². The molecule has 0 bridgehead atoms. The Balaban J connectivity index is 2.14. The molecule has 4 heteroatoms. The fraction of sp³-hybridized carbons (Fsp3) is 0.647. The molecule has 1 fully saturated rings. The third-order valence-corrected chi connectivity index (χ3v) is 4.49. The summed E-state index contributed by atoms with van der Waals surface area (Å²) in [6.07, 6.45) is 0. The molecule has 2 unspecified atom stereocenters. The highest BCUT2D eigenvalue weighted by atomic mass is 16.5. The van der Waals surface area contributed by atoms with Crippen molar-refractivity contribution in [3.8, 4) is 5.75 Å². The van der Waals surface area contributed by atoms with Crippen LogP contribution in [0.3, 0.4) is 0 Å². The summed E-state index contributed by atoms with van der Waals surface area (Å²) in [5.41, 5.74) is 2.53. The van der Waals surface area contributed by atoms with Crippen LogP contribution in [0.15, 0.2) is 18.2 Å². The van der Waals surface area contributed by atoms with Gasteiger partial charge in [-0.15, -0.1) is 0 Å². The number of benzene rings is 1. The zero-order valence-corrected chi connectivity index (χ0v) is 14.0. The van der Waals surface area contributed by atoms with Gasteiger partial charge in [-0.1, -0.05) is 17.7 Å². The minimum absolute atomic E-state index is 0.297. The molecule has 1 aliphatic heterocycles. The number of ether oxygens (including phenoxy) is 1. The van der Waals surface area contributed by atoms with Gasteiger partial charge in [0.05, 0.1) is 7.11 Å². The molecule has 1 heterocycles. The Kier molecular flexibility index (Phi) is 5.62. The summed E-state index contributed by atoms with van der Waals surface area (Å²) in [4.78, 5) is 4.98. The molecule has 118 valence electrons. The van der Waals surface area contributed by atoms with E-state index in [0.717, 1.165) is 31.9 Å². The number of aryl methyl sites for hydroxylation is 1. The predicted molar refractivity (Wildman–Crippen MR) is 88.1 cm³/mol. The van der Waals surface area contributed by atoms with E-state index in [2.05, 4.69) is 54.2 Å². The molecule has 0 spiro atoms. The van der Waals surface area contributed by atoms with Gasteiger partial charge in [-0.3, -0.25) is 4.90 Å². The first-order chi connectivity index (χ1) is 10.0. The van der Waals surface area contributed by atoms with Crippen LogP contribution in [0.5, 0.6) is 5.75 Å². The van der Waals surface area contributed by atoms with Crippen LogP contribution in [0.2, 0.25) is 0 Å². The van der Waals surface area contributed by atoms with Gasteiger partial charge >= 0.3 is 0 Å². The molecule has 2 rings (SSSR count). The third kappa shape index (κ3) is 3.96. The Labute approximate surface area is 129 Å². The SMILES string of the molecule is CNC(CN1CCN(C)CC1C)c1cc(C)ccc1OC. The Morgan fingerprint density at radius 3 is 2.76 bits per heavy atom. The van der Waals surface area contributed by atoms with E-state index in [1.165, 1.54) is 11.1 Å². The quantitative estimate of drug-likeness (QED) is 0.897. The molecule has 1 aromatic rings. The van der Waals surface area contributed by atoms with Crippen molar-refractivity contribution >= 4 is 0 Å². The smallest absolute Gasteiger partial charge is 0.123 e. The van der Waals surface area contributed by atoms with Crippen LogP contribution in [-0.2, 0) is 0 Å². The standard InChI is InChI=1S/C17H29N3O/c1-13-6-7-17(21-5)15(10-13)16(18-3)12-20-9-8-19(4)11-14(20)2/h6-7,10,14,16,18H,8-9,11-12H2,1-5H3. The van der Waals surface area contributed by atoms with E-state index in [4.69, 9.17) is 4.74 Å². The van der Waals surface area contributed by atoms with Crippen LogP contribution >= 0.6 is 0 Å². The van der Waals surface area contributed by atoms with Gasteiger partial charge in [0.2, 0.25) is 0 Å². The number of nitrogens with one attached hydrogen (secondary N) is 1. The van der Waals surface area contributed by atoms with E-state index >= 15 is 0 Å². The lowest BCUT2D eigenvalue weighted by Crippen LogP contribution is -2.52. The van der Waals surface area contributed by atoms with Gasteiger partial charge in [-0.25, -0.2) is 0 Å². The minimum atomic E-state index is 0.297. The third-order valence-electron chi connectivity index (χ3n) is 4.49. The normalized spacial score (nSPS) is 22.2. The molecule has 1 aromatic carbocycles. The Bertz CT molecular complexity index is 463. The molecule has 0 amide bonds. The van der Waals surface area contributed by atoms with Crippen LogP contribution in [0.4, 0.5) is 0 Å². The maximum atomic E-state index is 5.55. The zero-order valence-electron chi connectivity index (χ0n) is 14.0. The highest BCUT2D eigenvalue weighted by molar-refractivity contribution is 5.39. The Hall–Kier alpha value is -1.10. The second kappa shape index (κ2) is 7.25. The molecule has 4 nitrogen and oxygen atoms in total. The predicted octanol–water partition coefficient (Wildman–Crippen LogP) is 1.90. The minimum Gasteiger partial charge on any atom is -0.496 e. The summed E-state index contributed by atoms with van der Waals surface area (Å²) >= 11 is 0. The van der Waals surface area contributed by atoms with Crippen molar-refractivity contribution in [2.45, 2.75) is 25.9 Å². The summed E-state index contributed by atoms with van der Waals surface area (Å²) in [5, 5.41) is 3.46. The van der Waals surface area contributed by atoms with Gasteiger partial charge in [0.25, 0.3) is 0 Å². The lowest BCUT2D eigenvalue weighted by atomic mass is 10.0. The summed E-state index contributed by atoms with van der Waals surface area (Å²) in [6.45, 7) is 8.88. The van der Waals surface area contributed by atoms with E-state index in [0.29, 0.717) is 12.1 Å². The number of piperazine rings is 1. The van der Waals surface area contributed by atoms with Crippen LogP contribution in [0, 0.1) is 6.92 Å². The second-order valence-corrected chi connectivity index (χ2v) is 6.19. The van der Waals surface area contributed by atoms with Gasteiger partial charge in [0.1, 0.15) is 5.75 Å². The van der Waals surface area contributed by atoms with Crippen molar-refractivity contribution in [1.29, 1.82) is 0 Å². The molecular weight excluding hydrogens is 262 g/mol. The topological polar surface area (TPSA) is 27.7 Å². The molecule has 0 aliphatic carbocycles. The zero-order chi connectivity index (χ0) is 15.4. The highest BCUT2D eigenvalue weighted by Crippen LogP contribution is 2.27. The molecule has 0 saturated carbocycles. The first-order valence-corrected chi connectivity index (χ1v) is 7.79. The van der Waals surface area contributed by atoms with Crippen LogP contribution < -0.4 is 10.1 Å². The average molecular weight is 291 g/mol. The van der Waals surface area contributed by atoms with Crippen LogP contribution in [-0.4, -0.2) is 63.2 Å². The van der Waals surface area contributed by atoms with Crippen molar-refractivity contribution in [3.63, 3.8) is 0 Å². The average Bonchev–Trinajstić information content (AvgIpc) is 2.46. The highest BCUT2D eigenvalue weighted by Gasteiger charge is 2.25. The number of hydrogen-bond donors (Lipinski definition) is 1. The van der Waals surface area contributed by atoms with Crippen LogP contribution in [0.25, 0.3) is 0 Å². The molecule has 1 aliphatic rings. The first kappa shape index (κ1) is 16.3. The summed E-state index contributed by atoms with van der Waals surface area (Å²) in [7, 11) is 5.99. The van der Waals surface area contributed by atoms with E-state index in [1.807, 2.05) is 7.05 Å². The van der Waals surface area contributed by atoms with Crippen molar-refractivity contribution in [1.82, 2.24) is 15.1 Å². The Morgan fingerprint density at radius 2 is 2.14 bits per heavy atom. The summed E-state index contributed by atoms with van der Waals surface area (Å²) in [5.74, 6) is 0.974. The lowest BCUT2D eigenvalue weighted by Gasteiger charge is -2.40. The molecule has 1 saturated heterocycles. The molecule has 0 aromatic heterocycles. The van der Waals surface area contributed by atoms with E-state index in [1.54, 1.807) is 7.11 Å². The molecular formula is C17H29N3O. The second-order valence-electron chi connectivity index (χ2n) is 6.19. The van der Waals surface area contributed by atoms with E-state index < -0.39 is 0 Å². The van der Waals surface area contributed by atoms with Crippen molar-refractivity contribution < 1.29 is 4.74 Å². The molecule has 21 heavy (non-hydrogen) atoms. The van der Waals surface area contributed by atoms with Gasteiger partial charge in [0, 0.05) is 43.8 Å². The van der Waals surface area contributed by atoms with Crippen molar-refractivity contribution in [2.24, 2.45) is 0 Å². The molecule has 1 N–H and O–H groups in total. The lowest BCUT2D eigenvalue weighted by molar-refractivity contribution is 0.0910. The number of nitrogens with zero attached hydrogens (tertiary/aromatic N) is 2. The van der Waals surface area contributed by atoms with Crippen LogP contribution in [0.1, 0.15) is 24.1 Å². The monoisotopic (exact) mass is 291 g/mol. The number of hydrogen-bond acceptors (Lipinski definition) is 4. The number of methoxy groups -OCH3 is 1. The Morgan fingerprint density at radius 1 is 1.38 bits per heavy atom. The van der Waals surface area contributed by atoms with Gasteiger partial charge in [0.15, 0.2) is 0 Å². The number of rotatable bonds is 5. The van der Waals surface area contributed by atoms with E-state index in [9.17, 15) is 0 Å².